The van der Waals surface area contributed by atoms with Gasteiger partial charge in [-0.25, -0.2) is 4.98 Å². The van der Waals surface area contributed by atoms with E-state index in [4.69, 9.17) is 0 Å². The summed E-state index contributed by atoms with van der Waals surface area (Å²) in [6.07, 6.45) is 2.05. The summed E-state index contributed by atoms with van der Waals surface area (Å²) in [4.78, 5) is 27.6. The van der Waals surface area contributed by atoms with Crippen molar-refractivity contribution in [3.05, 3.63) is 29.6 Å². The highest BCUT2D eigenvalue weighted by atomic mass is 16.2. The third-order valence-electron chi connectivity index (χ3n) is 2.55. The molecule has 2 N–H and O–H groups in total. The van der Waals surface area contributed by atoms with Crippen molar-refractivity contribution in [3.63, 3.8) is 0 Å². The van der Waals surface area contributed by atoms with Gasteiger partial charge in [-0.15, -0.1) is 0 Å². The molecule has 0 unspecified atom stereocenters. The predicted molar refractivity (Wildman–Crippen MR) is 67.3 cm³/mol. The van der Waals surface area contributed by atoms with Crippen LogP contribution < -0.4 is 10.6 Å². The van der Waals surface area contributed by atoms with Crippen molar-refractivity contribution in [1.29, 1.82) is 0 Å². The number of pyridine rings is 1. The van der Waals surface area contributed by atoms with E-state index in [1.54, 1.807) is 18.2 Å². The first-order valence-corrected chi connectivity index (χ1v) is 6.15. The smallest absolute Gasteiger partial charge is 0.270 e. The molecule has 1 aromatic rings. The van der Waals surface area contributed by atoms with Gasteiger partial charge in [0.15, 0.2) is 0 Å². The largest absolute Gasteiger partial charge is 0.349 e. The normalized spacial score (nSPS) is 14.4. The van der Waals surface area contributed by atoms with Gasteiger partial charge in [0.2, 0.25) is 0 Å². The van der Waals surface area contributed by atoms with Crippen LogP contribution in [0.5, 0.6) is 0 Å². The molecule has 5 heteroatoms. The van der Waals surface area contributed by atoms with Crippen molar-refractivity contribution in [2.75, 3.05) is 0 Å². The molecule has 5 nitrogen and oxygen atoms in total. The van der Waals surface area contributed by atoms with E-state index in [2.05, 4.69) is 15.6 Å². The number of amides is 2. The van der Waals surface area contributed by atoms with Gasteiger partial charge in [-0.1, -0.05) is 6.07 Å². The zero-order valence-electron chi connectivity index (χ0n) is 10.6. The zero-order valence-corrected chi connectivity index (χ0v) is 10.6. The molecule has 0 saturated heterocycles. The summed E-state index contributed by atoms with van der Waals surface area (Å²) in [7, 11) is 0. The van der Waals surface area contributed by atoms with E-state index in [1.165, 1.54) is 0 Å². The lowest BCUT2D eigenvalue weighted by molar-refractivity contribution is 0.0936. The molecule has 18 heavy (non-hydrogen) atoms. The van der Waals surface area contributed by atoms with Crippen LogP contribution in [0.2, 0.25) is 0 Å². The van der Waals surface area contributed by atoms with Crippen LogP contribution in [0.1, 0.15) is 47.7 Å². The number of hydrogen-bond acceptors (Lipinski definition) is 3. The molecule has 2 rings (SSSR count). The van der Waals surface area contributed by atoms with Crippen molar-refractivity contribution in [1.82, 2.24) is 15.6 Å². The van der Waals surface area contributed by atoms with E-state index in [-0.39, 0.29) is 29.6 Å². The van der Waals surface area contributed by atoms with Gasteiger partial charge in [0.05, 0.1) is 0 Å². The third kappa shape index (κ3) is 3.29. The van der Waals surface area contributed by atoms with E-state index >= 15 is 0 Å². The average Bonchev–Trinajstić information content (AvgIpc) is 3.12. The number of nitrogens with zero attached hydrogens (tertiary/aromatic N) is 1. The van der Waals surface area contributed by atoms with Crippen LogP contribution in [0.25, 0.3) is 0 Å². The van der Waals surface area contributed by atoms with Crippen molar-refractivity contribution >= 4 is 11.8 Å². The minimum Gasteiger partial charge on any atom is -0.349 e. The fourth-order valence-electron chi connectivity index (χ4n) is 1.51. The van der Waals surface area contributed by atoms with Crippen LogP contribution in [0.15, 0.2) is 18.2 Å². The van der Waals surface area contributed by atoms with Crippen LogP contribution in [0.3, 0.4) is 0 Å². The van der Waals surface area contributed by atoms with Crippen LogP contribution in [0.4, 0.5) is 0 Å². The van der Waals surface area contributed by atoms with Gasteiger partial charge in [0, 0.05) is 12.1 Å². The molecule has 0 bridgehead atoms. The number of carbonyl (C=O) groups excluding carboxylic acids is 2. The summed E-state index contributed by atoms with van der Waals surface area (Å²) in [6, 6.07) is 5.22. The van der Waals surface area contributed by atoms with E-state index in [0.717, 1.165) is 12.8 Å². The molecule has 0 radical (unpaired) electrons. The van der Waals surface area contributed by atoms with Gasteiger partial charge >= 0.3 is 0 Å². The molecule has 1 saturated carbocycles. The Morgan fingerprint density at radius 1 is 1.22 bits per heavy atom. The fourth-order valence-corrected chi connectivity index (χ4v) is 1.51. The summed E-state index contributed by atoms with van der Waals surface area (Å²) in [6.45, 7) is 3.75. The Bertz CT molecular complexity index is 436. The van der Waals surface area contributed by atoms with Gasteiger partial charge in [-0.05, 0) is 38.8 Å². The standard InChI is InChI=1S/C13H17N3O2/c1-8(2)14-12(17)10-4-3-5-11(16-10)13(18)15-9-6-7-9/h3-5,8-9H,6-7H2,1-2H3,(H,14,17)(H,15,18). The highest BCUT2D eigenvalue weighted by Gasteiger charge is 2.24. The predicted octanol–water partition coefficient (Wildman–Crippen LogP) is 1.11. The summed E-state index contributed by atoms with van der Waals surface area (Å²) >= 11 is 0. The molecule has 0 aromatic carbocycles. The number of aromatic nitrogens is 1. The number of hydrogen-bond donors (Lipinski definition) is 2. The van der Waals surface area contributed by atoms with Crippen molar-refractivity contribution in [2.45, 2.75) is 38.8 Å². The minimum absolute atomic E-state index is 0.0447. The highest BCUT2D eigenvalue weighted by molar-refractivity contribution is 5.96. The van der Waals surface area contributed by atoms with Crippen molar-refractivity contribution in [2.24, 2.45) is 0 Å². The molecule has 2 amide bonds. The van der Waals surface area contributed by atoms with Crippen LogP contribution >= 0.6 is 0 Å². The highest BCUT2D eigenvalue weighted by Crippen LogP contribution is 2.19. The van der Waals surface area contributed by atoms with Crippen LogP contribution in [-0.4, -0.2) is 28.9 Å². The maximum atomic E-state index is 11.8. The molecule has 0 aliphatic heterocycles. The van der Waals surface area contributed by atoms with Gasteiger partial charge in [-0.3, -0.25) is 9.59 Å². The SMILES string of the molecule is CC(C)NC(=O)c1cccc(C(=O)NC2CC2)n1. The van der Waals surface area contributed by atoms with Crippen LogP contribution in [-0.2, 0) is 0 Å². The molecule has 1 aliphatic carbocycles. The molecule has 1 aromatic heterocycles. The Hall–Kier alpha value is -1.91. The van der Waals surface area contributed by atoms with Gasteiger partial charge in [0.25, 0.3) is 11.8 Å². The number of carbonyl (C=O) groups is 2. The number of nitrogens with one attached hydrogen (secondary N) is 2. The van der Waals surface area contributed by atoms with Gasteiger partial charge in [-0.2, -0.15) is 0 Å². The molecular formula is C13H17N3O2. The summed E-state index contributed by atoms with van der Waals surface area (Å²) < 4.78 is 0. The summed E-state index contributed by atoms with van der Waals surface area (Å²) in [5, 5.41) is 5.59. The first kappa shape index (κ1) is 12.5. The lowest BCUT2D eigenvalue weighted by Crippen LogP contribution is -2.32. The fraction of sp³-hybridized carbons (Fsp3) is 0.462. The first-order chi connectivity index (χ1) is 8.56. The molecule has 0 atom stereocenters. The second kappa shape index (κ2) is 5.16. The maximum absolute atomic E-state index is 11.8. The zero-order chi connectivity index (χ0) is 13.1. The Morgan fingerprint density at radius 2 is 1.83 bits per heavy atom. The third-order valence-corrected chi connectivity index (χ3v) is 2.55. The Kier molecular flexibility index (Phi) is 3.60. The topological polar surface area (TPSA) is 71.1 Å². The molecule has 96 valence electrons. The Labute approximate surface area is 106 Å². The Morgan fingerprint density at radius 3 is 2.39 bits per heavy atom. The van der Waals surface area contributed by atoms with Crippen molar-refractivity contribution in [3.8, 4) is 0 Å². The van der Waals surface area contributed by atoms with Gasteiger partial charge in [0.1, 0.15) is 11.4 Å². The van der Waals surface area contributed by atoms with E-state index in [9.17, 15) is 9.59 Å². The summed E-state index contributed by atoms with van der Waals surface area (Å²) in [5.74, 6) is -0.470. The summed E-state index contributed by atoms with van der Waals surface area (Å²) in [5.41, 5.74) is 0.561. The van der Waals surface area contributed by atoms with Crippen molar-refractivity contribution < 1.29 is 9.59 Å². The molecular weight excluding hydrogens is 230 g/mol. The van der Waals surface area contributed by atoms with E-state index < -0.39 is 0 Å². The maximum Gasteiger partial charge on any atom is 0.270 e. The van der Waals surface area contributed by atoms with E-state index in [1.807, 2.05) is 13.8 Å². The minimum atomic E-state index is -0.258. The molecule has 1 heterocycles. The average molecular weight is 247 g/mol. The van der Waals surface area contributed by atoms with E-state index in [0.29, 0.717) is 5.69 Å². The first-order valence-electron chi connectivity index (χ1n) is 6.15. The Balaban J connectivity index is 2.08. The second-order valence-corrected chi connectivity index (χ2v) is 4.78. The molecule has 0 spiro atoms. The van der Waals surface area contributed by atoms with Crippen LogP contribution in [0, 0.1) is 0 Å². The number of rotatable bonds is 4. The quantitative estimate of drug-likeness (QED) is 0.837. The molecule has 1 fully saturated rings. The second-order valence-electron chi connectivity index (χ2n) is 4.78. The van der Waals surface area contributed by atoms with Gasteiger partial charge < -0.3 is 10.6 Å². The molecule has 1 aliphatic rings. The monoisotopic (exact) mass is 247 g/mol. The lowest BCUT2D eigenvalue weighted by Gasteiger charge is -2.08. The lowest BCUT2D eigenvalue weighted by atomic mass is 10.2.